The molecule has 0 bridgehead atoms. The minimum atomic E-state index is 0.446. The van der Waals surface area contributed by atoms with Gasteiger partial charge in [0, 0.05) is 38.8 Å². The lowest BCUT2D eigenvalue weighted by atomic mass is 10.2. The van der Waals surface area contributed by atoms with Gasteiger partial charge >= 0.3 is 0 Å². The molecule has 0 radical (unpaired) electrons. The molecular formula is C14H30N4O2. The Hall–Kier alpha value is -0.850. The summed E-state index contributed by atoms with van der Waals surface area (Å²) in [5, 5.41) is 6.54. The van der Waals surface area contributed by atoms with E-state index in [-0.39, 0.29) is 0 Å². The topological polar surface area (TPSA) is 58.1 Å². The molecule has 0 aliphatic carbocycles. The molecule has 1 atom stereocenters. The maximum absolute atomic E-state index is 5.37. The molecule has 20 heavy (non-hydrogen) atoms. The molecule has 0 aromatic heterocycles. The van der Waals surface area contributed by atoms with Crippen LogP contribution in [0.4, 0.5) is 0 Å². The fourth-order valence-corrected chi connectivity index (χ4v) is 2.08. The van der Waals surface area contributed by atoms with E-state index in [4.69, 9.17) is 9.47 Å². The fraction of sp³-hybridized carbons (Fsp3) is 0.929. The highest BCUT2D eigenvalue weighted by atomic mass is 16.5. The Labute approximate surface area is 122 Å². The van der Waals surface area contributed by atoms with Crippen molar-refractivity contribution in [3.05, 3.63) is 0 Å². The van der Waals surface area contributed by atoms with Crippen LogP contribution in [0.3, 0.4) is 0 Å². The average molecular weight is 286 g/mol. The van der Waals surface area contributed by atoms with Crippen molar-refractivity contribution < 1.29 is 9.47 Å². The average Bonchev–Trinajstić information content (AvgIpc) is 2.49. The predicted octanol–water partition coefficient (Wildman–Crippen LogP) is 0.299. The summed E-state index contributed by atoms with van der Waals surface area (Å²) in [4.78, 5) is 7.07. The van der Waals surface area contributed by atoms with Crippen LogP contribution in [0.25, 0.3) is 0 Å². The van der Waals surface area contributed by atoms with Gasteiger partial charge in [-0.1, -0.05) is 0 Å². The second kappa shape index (κ2) is 10.9. The maximum Gasteiger partial charge on any atom is 0.191 e. The Morgan fingerprint density at radius 2 is 2.05 bits per heavy atom. The van der Waals surface area contributed by atoms with Gasteiger partial charge in [0.25, 0.3) is 0 Å². The maximum atomic E-state index is 5.37. The number of guanidine groups is 1. The summed E-state index contributed by atoms with van der Waals surface area (Å²) in [7, 11) is 0. The van der Waals surface area contributed by atoms with Crippen molar-refractivity contribution >= 4 is 5.96 Å². The van der Waals surface area contributed by atoms with Crippen LogP contribution in [0.2, 0.25) is 0 Å². The predicted molar refractivity (Wildman–Crippen MR) is 82.3 cm³/mol. The molecule has 2 N–H and O–H groups in total. The van der Waals surface area contributed by atoms with Crippen LogP contribution in [0.5, 0.6) is 0 Å². The molecule has 1 fully saturated rings. The highest BCUT2D eigenvalue weighted by molar-refractivity contribution is 5.79. The minimum absolute atomic E-state index is 0.446. The van der Waals surface area contributed by atoms with E-state index in [1.54, 1.807) is 0 Å². The number of hydrogen-bond acceptors (Lipinski definition) is 4. The van der Waals surface area contributed by atoms with Crippen LogP contribution in [0.1, 0.15) is 20.8 Å². The van der Waals surface area contributed by atoms with Crippen molar-refractivity contribution in [1.82, 2.24) is 15.5 Å². The quantitative estimate of drug-likeness (QED) is 0.382. The number of nitrogens with zero attached hydrogens (tertiary/aromatic N) is 2. The molecule has 0 amide bonds. The van der Waals surface area contributed by atoms with E-state index in [2.05, 4.69) is 34.4 Å². The van der Waals surface area contributed by atoms with E-state index in [1.165, 1.54) is 0 Å². The minimum Gasteiger partial charge on any atom is -0.380 e. The highest BCUT2D eigenvalue weighted by Crippen LogP contribution is 2.03. The summed E-state index contributed by atoms with van der Waals surface area (Å²) < 4.78 is 10.7. The van der Waals surface area contributed by atoms with Gasteiger partial charge in [-0.2, -0.15) is 0 Å². The zero-order valence-electron chi connectivity index (χ0n) is 13.2. The van der Waals surface area contributed by atoms with E-state index in [1.807, 2.05) is 6.92 Å². The van der Waals surface area contributed by atoms with Crippen LogP contribution in [0, 0.1) is 0 Å². The largest absolute Gasteiger partial charge is 0.380 e. The van der Waals surface area contributed by atoms with Crippen LogP contribution in [0.15, 0.2) is 4.99 Å². The second-order valence-corrected chi connectivity index (χ2v) is 4.84. The third kappa shape index (κ3) is 7.07. The molecule has 0 spiro atoms. The van der Waals surface area contributed by atoms with Crippen molar-refractivity contribution in [3.63, 3.8) is 0 Å². The van der Waals surface area contributed by atoms with Crippen LogP contribution in [-0.4, -0.2) is 76.1 Å². The summed E-state index contributed by atoms with van der Waals surface area (Å²) in [6, 6.07) is 0.446. The van der Waals surface area contributed by atoms with Crippen LogP contribution < -0.4 is 10.6 Å². The second-order valence-electron chi connectivity index (χ2n) is 4.84. The van der Waals surface area contributed by atoms with Gasteiger partial charge < -0.3 is 20.1 Å². The van der Waals surface area contributed by atoms with Crippen molar-refractivity contribution in [2.24, 2.45) is 4.99 Å². The van der Waals surface area contributed by atoms with Crippen LogP contribution in [-0.2, 0) is 9.47 Å². The van der Waals surface area contributed by atoms with Crippen molar-refractivity contribution in [2.75, 3.05) is 59.2 Å². The third-order valence-electron chi connectivity index (χ3n) is 3.27. The molecule has 1 unspecified atom stereocenters. The van der Waals surface area contributed by atoms with E-state index in [9.17, 15) is 0 Å². The van der Waals surface area contributed by atoms with E-state index in [0.29, 0.717) is 12.6 Å². The van der Waals surface area contributed by atoms with Gasteiger partial charge in [-0.15, -0.1) is 0 Å². The van der Waals surface area contributed by atoms with Gasteiger partial charge in [-0.25, -0.2) is 0 Å². The lowest BCUT2D eigenvalue weighted by molar-refractivity contribution is 0.0220. The molecule has 1 aliphatic heterocycles. The molecule has 1 rings (SSSR count). The number of aliphatic imine (C=N–C) groups is 1. The summed E-state index contributed by atoms with van der Waals surface area (Å²) in [6.45, 7) is 13.9. The van der Waals surface area contributed by atoms with Crippen molar-refractivity contribution in [2.45, 2.75) is 26.8 Å². The summed E-state index contributed by atoms with van der Waals surface area (Å²) in [6.07, 6.45) is 0. The fourth-order valence-electron chi connectivity index (χ4n) is 2.08. The molecular weight excluding hydrogens is 256 g/mol. The number of rotatable bonds is 8. The van der Waals surface area contributed by atoms with E-state index < -0.39 is 0 Å². The van der Waals surface area contributed by atoms with Gasteiger partial charge in [0.15, 0.2) is 5.96 Å². The van der Waals surface area contributed by atoms with Gasteiger partial charge in [-0.05, 0) is 20.8 Å². The SMILES string of the molecule is CCNC(=NCC(C)N1CCOCC1)NCCOCC. The first-order chi connectivity index (χ1) is 9.77. The highest BCUT2D eigenvalue weighted by Gasteiger charge is 2.16. The lowest BCUT2D eigenvalue weighted by Gasteiger charge is -2.31. The monoisotopic (exact) mass is 286 g/mol. The first kappa shape index (κ1) is 17.2. The normalized spacial score (nSPS) is 18.9. The zero-order chi connectivity index (χ0) is 14.6. The van der Waals surface area contributed by atoms with Gasteiger partial charge in [0.2, 0.25) is 0 Å². The summed E-state index contributed by atoms with van der Waals surface area (Å²) in [5.41, 5.74) is 0. The molecule has 6 nitrogen and oxygen atoms in total. The lowest BCUT2D eigenvalue weighted by Crippen LogP contribution is -2.44. The van der Waals surface area contributed by atoms with E-state index in [0.717, 1.165) is 58.5 Å². The van der Waals surface area contributed by atoms with Gasteiger partial charge in [-0.3, -0.25) is 9.89 Å². The number of nitrogens with one attached hydrogen (secondary N) is 2. The Morgan fingerprint density at radius 3 is 2.70 bits per heavy atom. The molecule has 6 heteroatoms. The first-order valence-corrected chi connectivity index (χ1v) is 7.69. The third-order valence-corrected chi connectivity index (χ3v) is 3.27. The molecule has 118 valence electrons. The van der Waals surface area contributed by atoms with Crippen molar-refractivity contribution in [3.8, 4) is 0 Å². The van der Waals surface area contributed by atoms with Crippen molar-refractivity contribution in [1.29, 1.82) is 0 Å². The smallest absolute Gasteiger partial charge is 0.191 e. The summed E-state index contributed by atoms with van der Waals surface area (Å²) >= 11 is 0. The molecule has 1 aliphatic rings. The zero-order valence-corrected chi connectivity index (χ0v) is 13.2. The Bertz CT molecular complexity index is 268. The number of ether oxygens (including phenoxy) is 2. The molecule has 1 saturated heterocycles. The number of hydrogen-bond donors (Lipinski definition) is 2. The Balaban J connectivity index is 2.32. The standard InChI is InChI=1S/C14H30N4O2/c1-4-15-14(16-6-9-19-5-2)17-12-13(3)18-7-10-20-11-8-18/h13H,4-12H2,1-3H3,(H2,15,16,17). The Morgan fingerprint density at radius 1 is 1.30 bits per heavy atom. The van der Waals surface area contributed by atoms with Gasteiger partial charge in [0.05, 0.1) is 26.4 Å². The van der Waals surface area contributed by atoms with Crippen LogP contribution >= 0.6 is 0 Å². The Kier molecular flexibility index (Phi) is 9.36. The van der Waals surface area contributed by atoms with Gasteiger partial charge in [0.1, 0.15) is 0 Å². The van der Waals surface area contributed by atoms with E-state index >= 15 is 0 Å². The first-order valence-electron chi connectivity index (χ1n) is 7.69. The summed E-state index contributed by atoms with van der Waals surface area (Å²) in [5.74, 6) is 0.868. The molecule has 0 aromatic rings. The molecule has 0 saturated carbocycles. The number of morpholine rings is 1. The molecule has 1 heterocycles. The molecule has 0 aromatic carbocycles.